The van der Waals surface area contributed by atoms with E-state index in [1.54, 1.807) is 0 Å². The average Bonchev–Trinajstić information content (AvgIpc) is 3.29. The van der Waals surface area contributed by atoms with Crippen molar-refractivity contribution in [1.29, 1.82) is 0 Å². The predicted octanol–water partition coefficient (Wildman–Crippen LogP) is 13.3. The fourth-order valence-corrected chi connectivity index (χ4v) is 7.26. The van der Waals surface area contributed by atoms with Crippen LogP contribution < -0.4 is 5.73 Å². The number of amidine groups is 2. The van der Waals surface area contributed by atoms with Crippen LogP contribution in [0.1, 0.15) is 61.8 Å². The maximum Gasteiger partial charge on any atom is 0.160 e. The van der Waals surface area contributed by atoms with Crippen molar-refractivity contribution in [2.24, 2.45) is 32.5 Å². The fraction of sp³-hybridized carbons (Fsp3) is 0.167. The number of nitrogens with zero attached hydrogens (tertiary/aromatic N) is 3. The maximum absolute atomic E-state index is 6.99. The quantitative estimate of drug-likeness (QED) is 0.0777. The van der Waals surface area contributed by atoms with Crippen molar-refractivity contribution in [2.75, 3.05) is 0 Å². The van der Waals surface area contributed by atoms with Crippen LogP contribution in [-0.4, -0.2) is 18.4 Å². The minimum absolute atomic E-state index is 0.0529. The van der Waals surface area contributed by atoms with Crippen LogP contribution in [0.3, 0.4) is 0 Å². The van der Waals surface area contributed by atoms with Gasteiger partial charge >= 0.3 is 0 Å². The van der Waals surface area contributed by atoms with Gasteiger partial charge in [0.2, 0.25) is 0 Å². The summed E-state index contributed by atoms with van der Waals surface area (Å²) >= 11 is 0. The third kappa shape index (κ3) is 11.0. The van der Waals surface area contributed by atoms with Gasteiger partial charge in [0.15, 0.2) is 11.7 Å². The molecule has 0 fully saturated rings. The topological polar surface area (TPSA) is 63.1 Å². The van der Waals surface area contributed by atoms with Crippen LogP contribution in [-0.2, 0) is 6.54 Å². The molecule has 0 aliphatic heterocycles. The lowest BCUT2D eigenvalue weighted by Crippen LogP contribution is -2.12. The van der Waals surface area contributed by atoms with Gasteiger partial charge in [-0.25, -0.2) is 9.98 Å². The zero-order valence-corrected chi connectivity index (χ0v) is 33.8. The number of hydrogen-bond donors (Lipinski definition) is 1. The molecule has 290 valence electrons. The van der Waals surface area contributed by atoms with Gasteiger partial charge in [-0.05, 0) is 108 Å². The minimum atomic E-state index is 0.0529. The first-order valence-electron chi connectivity index (χ1n) is 20.3. The molecule has 2 unspecified atom stereocenters. The summed E-state index contributed by atoms with van der Waals surface area (Å²) in [4.78, 5) is 14.6. The molecule has 0 heterocycles. The SMILES string of the molecule is C=C/C=C(\C=C/C)C(/C=C(\C=C(/N)C1C=CC(c2cc(C(N=C(N=C)C3=CCCC=C3)=NCc3ccccc3)cc(-c3ccccc3)c2)=CC1)c1ccccc1)CC. The Labute approximate surface area is 345 Å². The highest BCUT2D eigenvalue weighted by atomic mass is 15.0. The van der Waals surface area contributed by atoms with Gasteiger partial charge in [0, 0.05) is 28.7 Å². The van der Waals surface area contributed by atoms with Gasteiger partial charge in [-0.3, -0.25) is 4.99 Å². The van der Waals surface area contributed by atoms with Gasteiger partial charge in [-0.15, -0.1) is 0 Å². The van der Waals surface area contributed by atoms with E-state index in [0.29, 0.717) is 18.2 Å². The van der Waals surface area contributed by atoms with Crippen LogP contribution in [0.25, 0.3) is 22.3 Å². The predicted molar refractivity (Wildman–Crippen MR) is 251 cm³/mol. The molecule has 4 heteroatoms. The zero-order chi connectivity index (χ0) is 40.5. The molecule has 2 aliphatic rings. The second-order valence-electron chi connectivity index (χ2n) is 14.4. The van der Waals surface area contributed by atoms with Crippen LogP contribution in [0.15, 0.2) is 221 Å². The van der Waals surface area contributed by atoms with Gasteiger partial charge in [-0.2, -0.15) is 0 Å². The Balaban J connectivity index is 1.38. The Morgan fingerprint density at radius 2 is 1.55 bits per heavy atom. The van der Waals surface area contributed by atoms with E-state index < -0.39 is 0 Å². The molecule has 0 amide bonds. The summed E-state index contributed by atoms with van der Waals surface area (Å²) < 4.78 is 0. The summed E-state index contributed by atoms with van der Waals surface area (Å²) in [7, 11) is 0. The molecule has 6 rings (SSSR count). The molecule has 58 heavy (non-hydrogen) atoms. The lowest BCUT2D eigenvalue weighted by molar-refractivity contribution is 0.743. The number of aliphatic imine (C=N–C) groups is 3. The number of nitrogens with two attached hydrogens (primary N) is 1. The van der Waals surface area contributed by atoms with E-state index in [-0.39, 0.29) is 11.8 Å². The van der Waals surface area contributed by atoms with Crippen LogP contribution in [0.4, 0.5) is 0 Å². The molecule has 0 saturated heterocycles. The van der Waals surface area contributed by atoms with Gasteiger partial charge < -0.3 is 5.73 Å². The molecule has 0 radical (unpaired) electrons. The van der Waals surface area contributed by atoms with Crippen molar-refractivity contribution in [3.05, 3.63) is 228 Å². The number of allylic oxidation sites excluding steroid dienone is 14. The van der Waals surface area contributed by atoms with E-state index in [2.05, 4.69) is 178 Å². The Morgan fingerprint density at radius 1 is 0.828 bits per heavy atom. The van der Waals surface area contributed by atoms with Crippen molar-refractivity contribution in [1.82, 2.24) is 0 Å². The molecule has 0 bridgehead atoms. The lowest BCUT2D eigenvalue weighted by atomic mass is 9.87. The van der Waals surface area contributed by atoms with Crippen molar-refractivity contribution in [3.8, 4) is 11.1 Å². The first-order chi connectivity index (χ1) is 28.5. The highest BCUT2D eigenvalue weighted by Crippen LogP contribution is 2.33. The van der Waals surface area contributed by atoms with Gasteiger partial charge in [-0.1, -0.05) is 171 Å². The molecule has 4 aromatic carbocycles. The highest BCUT2D eigenvalue weighted by Gasteiger charge is 2.18. The molecule has 2 N–H and O–H groups in total. The largest absolute Gasteiger partial charge is 0.402 e. The molecular formula is C54H54N4. The van der Waals surface area contributed by atoms with Gasteiger partial charge in [0.1, 0.15) is 0 Å². The molecule has 4 nitrogen and oxygen atoms in total. The van der Waals surface area contributed by atoms with E-state index in [9.17, 15) is 0 Å². The fourth-order valence-electron chi connectivity index (χ4n) is 7.26. The van der Waals surface area contributed by atoms with E-state index in [0.717, 1.165) is 81.5 Å². The minimum Gasteiger partial charge on any atom is -0.402 e. The summed E-state index contributed by atoms with van der Waals surface area (Å²) in [6.45, 7) is 12.6. The van der Waals surface area contributed by atoms with Crippen molar-refractivity contribution >= 4 is 29.5 Å². The Hall–Kier alpha value is -6.65. The van der Waals surface area contributed by atoms with E-state index in [1.165, 1.54) is 5.57 Å². The number of rotatable bonds is 14. The second kappa shape index (κ2) is 21.0. The summed E-state index contributed by atoms with van der Waals surface area (Å²) in [5.74, 6) is 1.45. The number of hydrogen-bond acceptors (Lipinski definition) is 2. The van der Waals surface area contributed by atoms with Crippen LogP contribution in [0.5, 0.6) is 0 Å². The Kier molecular flexibility index (Phi) is 14.9. The third-order valence-corrected chi connectivity index (χ3v) is 10.4. The molecule has 0 spiro atoms. The third-order valence-electron chi connectivity index (χ3n) is 10.4. The second-order valence-corrected chi connectivity index (χ2v) is 14.4. The summed E-state index contributed by atoms with van der Waals surface area (Å²) in [5, 5.41) is 0. The van der Waals surface area contributed by atoms with Crippen LogP contribution >= 0.6 is 0 Å². The summed E-state index contributed by atoms with van der Waals surface area (Å²) in [5.41, 5.74) is 18.7. The molecule has 2 aliphatic carbocycles. The van der Waals surface area contributed by atoms with Crippen molar-refractivity contribution in [3.63, 3.8) is 0 Å². The number of benzene rings is 4. The maximum atomic E-state index is 6.99. The lowest BCUT2D eigenvalue weighted by Gasteiger charge is -2.20. The zero-order valence-electron chi connectivity index (χ0n) is 33.8. The highest BCUT2D eigenvalue weighted by molar-refractivity contribution is 6.14. The van der Waals surface area contributed by atoms with E-state index in [4.69, 9.17) is 15.7 Å². The van der Waals surface area contributed by atoms with Crippen LogP contribution in [0.2, 0.25) is 0 Å². The van der Waals surface area contributed by atoms with E-state index in [1.807, 2.05) is 36.4 Å². The monoisotopic (exact) mass is 758 g/mol. The molecule has 0 saturated carbocycles. The van der Waals surface area contributed by atoms with E-state index >= 15 is 0 Å². The standard InChI is InChI=1S/C54H54N4/c1-5-20-42(21-6-2)41(7-3)34-50(44-26-16-10-17-27-44)38-52(55)46-32-30-45(31-33-46)49-35-48(43-24-14-9-15-25-43)36-51(37-49)54(57-39-40-22-12-8-13-23-40)58-53(56-4)47-28-18-11-19-29-47/h5-6,8-10,12-18,20-32,34-38,41,46H,1,4,7,11,19,33,39,55H2,2-3H3/b21-6-,42-20+,50-34+,52-38-,57-54?,58-53?. The molecule has 2 atom stereocenters. The van der Waals surface area contributed by atoms with Gasteiger partial charge in [0.25, 0.3) is 0 Å². The van der Waals surface area contributed by atoms with Gasteiger partial charge in [0.05, 0.1) is 6.54 Å². The van der Waals surface area contributed by atoms with Crippen molar-refractivity contribution < 1.29 is 0 Å². The van der Waals surface area contributed by atoms with Crippen LogP contribution in [0, 0.1) is 11.8 Å². The molecular weight excluding hydrogens is 705 g/mol. The first kappa shape index (κ1) is 41.0. The Bertz CT molecular complexity index is 2360. The average molecular weight is 759 g/mol. The smallest absolute Gasteiger partial charge is 0.160 e. The normalized spacial score (nSPS) is 17.2. The summed E-state index contributed by atoms with van der Waals surface area (Å²) in [6.07, 6.45) is 29.6. The Morgan fingerprint density at radius 3 is 2.19 bits per heavy atom. The first-order valence-corrected chi connectivity index (χ1v) is 20.3. The van der Waals surface area contributed by atoms with Crippen molar-refractivity contribution in [2.45, 2.75) is 46.1 Å². The molecule has 0 aromatic heterocycles. The summed E-state index contributed by atoms with van der Waals surface area (Å²) in [6, 6.07) is 37.9. The molecule has 4 aromatic rings.